The van der Waals surface area contributed by atoms with Gasteiger partial charge in [0.1, 0.15) is 16.9 Å². The van der Waals surface area contributed by atoms with Gasteiger partial charge in [-0.05, 0) is 24.1 Å². The van der Waals surface area contributed by atoms with E-state index in [4.69, 9.17) is 5.73 Å². The van der Waals surface area contributed by atoms with E-state index in [-0.39, 0.29) is 0 Å². The van der Waals surface area contributed by atoms with Crippen molar-refractivity contribution in [3.63, 3.8) is 0 Å². The third-order valence-corrected chi connectivity index (χ3v) is 4.08. The molecule has 0 saturated heterocycles. The second-order valence-corrected chi connectivity index (χ2v) is 5.16. The topological polar surface area (TPSA) is 80.5 Å². The van der Waals surface area contributed by atoms with Gasteiger partial charge in [0, 0.05) is 11.4 Å². The van der Waals surface area contributed by atoms with Gasteiger partial charge in [-0.3, -0.25) is 0 Å². The van der Waals surface area contributed by atoms with Crippen LogP contribution in [0.3, 0.4) is 0 Å². The van der Waals surface area contributed by atoms with E-state index in [0.29, 0.717) is 5.65 Å². The lowest BCUT2D eigenvalue weighted by molar-refractivity contribution is 1.08. The van der Waals surface area contributed by atoms with Crippen molar-refractivity contribution in [2.75, 3.05) is 5.73 Å². The number of aromatic nitrogens is 4. The Labute approximate surface area is 114 Å². The maximum atomic E-state index is 5.91. The van der Waals surface area contributed by atoms with Gasteiger partial charge < -0.3 is 10.7 Å². The number of benzene rings is 1. The van der Waals surface area contributed by atoms with Gasteiger partial charge >= 0.3 is 0 Å². The Bertz CT molecular complexity index is 722. The smallest absolute Gasteiger partial charge is 0.181 e. The summed E-state index contributed by atoms with van der Waals surface area (Å²) in [4.78, 5) is 15.6. The zero-order valence-electron chi connectivity index (χ0n) is 10.4. The van der Waals surface area contributed by atoms with Crippen LogP contribution in [0.25, 0.3) is 11.2 Å². The maximum absolute atomic E-state index is 5.91. The Morgan fingerprint density at radius 3 is 3.05 bits per heavy atom. The van der Waals surface area contributed by atoms with E-state index in [1.807, 2.05) is 19.1 Å². The Kier molecular flexibility index (Phi) is 3.08. The molecule has 0 aliphatic heterocycles. The number of nitrogens with one attached hydrogen (secondary N) is 1. The summed E-state index contributed by atoms with van der Waals surface area (Å²) < 4.78 is 0. The van der Waals surface area contributed by atoms with Crippen LogP contribution in [-0.2, 0) is 5.75 Å². The molecule has 0 radical (unpaired) electrons. The Hall–Kier alpha value is -2.08. The molecule has 3 aromatic rings. The molecule has 3 N–H and O–H groups in total. The van der Waals surface area contributed by atoms with E-state index in [9.17, 15) is 0 Å². The predicted octanol–water partition coefficient (Wildman–Crippen LogP) is 2.54. The van der Waals surface area contributed by atoms with Crippen molar-refractivity contribution in [3.8, 4) is 0 Å². The van der Waals surface area contributed by atoms with Crippen molar-refractivity contribution in [1.29, 1.82) is 0 Å². The number of H-pyrrole nitrogens is 1. The summed E-state index contributed by atoms with van der Waals surface area (Å²) in [5.41, 5.74) is 10.7. The number of aromatic amines is 1. The molecule has 1 aromatic carbocycles. The van der Waals surface area contributed by atoms with Gasteiger partial charge in [0.05, 0.1) is 6.33 Å². The van der Waals surface area contributed by atoms with Crippen LogP contribution in [0.5, 0.6) is 0 Å². The second kappa shape index (κ2) is 4.89. The molecule has 0 spiro atoms. The molecule has 3 rings (SSSR count). The molecule has 0 fully saturated rings. The first-order chi connectivity index (χ1) is 9.25. The summed E-state index contributed by atoms with van der Waals surface area (Å²) in [6.45, 7) is 2.04. The fraction of sp³-hybridized carbons (Fsp3) is 0.154. The highest BCUT2D eigenvalue weighted by Gasteiger charge is 2.08. The number of rotatable bonds is 3. The summed E-state index contributed by atoms with van der Waals surface area (Å²) in [6.07, 6.45) is 3.17. The minimum Gasteiger partial charge on any atom is -0.399 e. The van der Waals surface area contributed by atoms with Crippen molar-refractivity contribution in [3.05, 3.63) is 42.0 Å². The van der Waals surface area contributed by atoms with Crippen LogP contribution in [0.15, 0.2) is 35.9 Å². The predicted molar refractivity (Wildman–Crippen MR) is 76.8 cm³/mol. The molecule has 0 saturated carbocycles. The highest BCUT2D eigenvalue weighted by Crippen LogP contribution is 2.27. The zero-order chi connectivity index (χ0) is 13.2. The standard InChI is InChI=1S/C13H13N5S/c1-8-9(3-2-4-10(8)14)5-19-13-11-12(16-6-15-11)17-7-18-13/h2-4,6-7H,5,14H2,1H3,(H,15,16,17,18). The molecule has 19 heavy (non-hydrogen) atoms. The summed E-state index contributed by atoms with van der Waals surface area (Å²) in [5, 5.41) is 0.907. The molecule has 2 heterocycles. The molecule has 0 amide bonds. The number of fused-ring (bicyclic) bond motifs is 1. The monoisotopic (exact) mass is 271 g/mol. The zero-order valence-corrected chi connectivity index (χ0v) is 11.2. The largest absolute Gasteiger partial charge is 0.399 e. The van der Waals surface area contributed by atoms with Crippen molar-refractivity contribution >= 4 is 28.6 Å². The summed E-state index contributed by atoms with van der Waals surface area (Å²) in [5.74, 6) is 0.821. The Morgan fingerprint density at radius 2 is 2.16 bits per heavy atom. The minimum atomic E-state index is 0.696. The summed E-state index contributed by atoms with van der Waals surface area (Å²) in [6, 6.07) is 5.98. The van der Waals surface area contributed by atoms with Gasteiger partial charge in [-0.25, -0.2) is 15.0 Å². The number of imidazole rings is 1. The lowest BCUT2D eigenvalue weighted by Crippen LogP contribution is -1.94. The number of hydrogen-bond donors (Lipinski definition) is 2. The van der Waals surface area contributed by atoms with Crippen LogP contribution in [0, 0.1) is 6.92 Å². The van der Waals surface area contributed by atoms with E-state index in [1.165, 1.54) is 11.9 Å². The summed E-state index contributed by atoms with van der Waals surface area (Å²) in [7, 11) is 0. The van der Waals surface area contributed by atoms with Gasteiger partial charge in [-0.15, -0.1) is 0 Å². The van der Waals surface area contributed by atoms with E-state index >= 15 is 0 Å². The number of hydrogen-bond acceptors (Lipinski definition) is 5. The van der Waals surface area contributed by atoms with Crippen LogP contribution >= 0.6 is 11.8 Å². The van der Waals surface area contributed by atoms with Gasteiger partial charge in [0.15, 0.2) is 5.65 Å². The highest BCUT2D eigenvalue weighted by molar-refractivity contribution is 7.98. The van der Waals surface area contributed by atoms with Crippen LogP contribution in [0.2, 0.25) is 0 Å². The quantitative estimate of drug-likeness (QED) is 0.434. The molecule has 0 aliphatic carbocycles. The first-order valence-corrected chi connectivity index (χ1v) is 6.85. The fourth-order valence-electron chi connectivity index (χ4n) is 1.86. The highest BCUT2D eigenvalue weighted by atomic mass is 32.2. The summed E-state index contributed by atoms with van der Waals surface area (Å²) >= 11 is 1.65. The minimum absolute atomic E-state index is 0.696. The average Bonchev–Trinajstić information content (AvgIpc) is 2.89. The number of nitrogens with two attached hydrogens (primary N) is 1. The number of nitrogens with zero attached hydrogens (tertiary/aromatic N) is 3. The molecule has 0 aliphatic rings. The third-order valence-electron chi connectivity index (χ3n) is 3.04. The first kappa shape index (κ1) is 12.0. The van der Waals surface area contributed by atoms with Crippen molar-refractivity contribution in [2.24, 2.45) is 0 Å². The van der Waals surface area contributed by atoms with Gasteiger partial charge in [-0.2, -0.15) is 0 Å². The normalized spacial score (nSPS) is 11.0. The van der Waals surface area contributed by atoms with E-state index in [1.54, 1.807) is 18.1 Å². The van der Waals surface area contributed by atoms with E-state index in [0.717, 1.165) is 27.5 Å². The molecule has 96 valence electrons. The number of thioether (sulfide) groups is 1. The molecular formula is C13H13N5S. The van der Waals surface area contributed by atoms with Gasteiger partial charge in [0.25, 0.3) is 0 Å². The third kappa shape index (κ3) is 2.26. The number of nitrogen functional groups attached to an aromatic ring is 1. The SMILES string of the molecule is Cc1c(N)cccc1CSc1ncnc2nc[nH]c12. The fourth-order valence-corrected chi connectivity index (χ4v) is 2.88. The van der Waals surface area contributed by atoms with Crippen LogP contribution in [0.1, 0.15) is 11.1 Å². The molecular weight excluding hydrogens is 258 g/mol. The molecule has 5 nitrogen and oxygen atoms in total. The average molecular weight is 271 g/mol. The van der Waals surface area contributed by atoms with E-state index in [2.05, 4.69) is 26.0 Å². The Morgan fingerprint density at radius 1 is 1.26 bits per heavy atom. The Balaban J connectivity index is 1.86. The van der Waals surface area contributed by atoms with Crippen LogP contribution < -0.4 is 5.73 Å². The second-order valence-electron chi connectivity index (χ2n) is 4.20. The van der Waals surface area contributed by atoms with Crippen molar-refractivity contribution in [1.82, 2.24) is 19.9 Å². The molecule has 0 bridgehead atoms. The van der Waals surface area contributed by atoms with Gasteiger partial charge in [0.2, 0.25) is 0 Å². The van der Waals surface area contributed by atoms with E-state index < -0.39 is 0 Å². The first-order valence-electron chi connectivity index (χ1n) is 5.86. The molecule has 6 heteroatoms. The molecule has 0 unspecified atom stereocenters. The maximum Gasteiger partial charge on any atom is 0.181 e. The van der Waals surface area contributed by atoms with Gasteiger partial charge in [-0.1, -0.05) is 23.9 Å². The molecule has 2 aromatic heterocycles. The number of anilines is 1. The van der Waals surface area contributed by atoms with Crippen LogP contribution in [-0.4, -0.2) is 19.9 Å². The molecule has 0 atom stereocenters. The lowest BCUT2D eigenvalue weighted by Gasteiger charge is -2.07. The van der Waals surface area contributed by atoms with Crippen molar-refractivity contribution < 1.29 is 0 Å². The van der Waals surface area contributed by atoms with Crippen LogP contribution in [0.4, 0.5) is 5.69 Å². The lowest BCUT2D eigenvalue weighted by atomic mass is 10.1. The van der Waals surface area contributed by atoms with Crippen molar-refractivity contribution in [2.45, 2.75) is 17.7 Å².